The Morgan fingerprint density at radius 3 is 1.39 bits per heavy atom. The lowest BCUT2D eigenvalue weighted by atomic mass is 9.63. The normalized spacial score (nSPS) is 21.3. The summed E-state index contributed by atoms with van der Waals surface area (Å²) in [4.78, 5) is 0. The maximum absolute atomic E-state index is 12.2. The number of fused-ring (bicyclic) bond motifs is 2. The van der Waals surface area contributed by atoms with Crippen LogP contribution in [0.4, 0.5) is 0 Å². The number of benzene rings is 4. The summed E-state index contributed by atoms with van der Waals surface area (Å²) in [6, 6.07) is 32.6. The Bertz CT molecular complexity index is 1190. The number of rotatable bonds is 2. The number of aliphatic hydroxyl groups is 2. The molecule has 2 unspecified atom stereocenters. The molecule has 1 aliphatic carbocycles. The van der Waals surface area contributed by atoms with Crippen LogP contribution in [0.15, 0.2) is 108 Å². The van der Waals surface area contributed by atoms with Gasteiger partial charge >= 0.3 is 0 Å². The molecule has 0 aromatic heterocycles. The van der Waals surface area contributed by atoms with Crippen molar-refractivity contribution in [1.82, 2.24) is 0 Å². The van der Waals surface area contributed by atoms with Crippen LogP contribution >= 0.6 is 15.9 Å². The second-order valence-corrected chi connectivity index (χ2v) is 8.30. The third kappa shape index (κ3) is 3.25. The molecular formula is C28H25BrO2. The second-order valence-electron chi connectivity index (χ2n) is 7.39. The Morgan fingerprint density at radius 2 is 0.903 bits per heavy atom. The van der Waals surface area contributed by atoms with Gasteiger partial charge in [-0.15, -0.1) is 0 Å². The third-order valence-corrected chi connectivity index (χ3v) is 6.34. The molecule has 0 fully saturated rings. The van der Waals surface area contributed by atoms with Crippen molar-refractivity contribution in [1.29, 1.82) is 0 Å². The van der Waals surface area contributed by atoms with Gasteiger partial charge in [0.05, 0.1) is 0 Å². The average molecular weight is 473 g/mol. The average Bonchev–Trinajstić information content (AvgIpc) is 2.85. The molecule has 0 heterocycles. The van der Waals surface area contributed by atoms with Crippen LogP contribution in [0.25, 0.3) is 0 Å². The molecule has 4 aromatic rings. The van der Waals surface area contributed by atoms with E-state index in [0.29, 0.717) is 22.3 Å². The van der Waals surface area contributed by atoms with E-state index < -0.39 is 11.2 Å². The maximum atomic E-state index is 12.2. The summed E-state index contributed by atoms with van der Waals surface area (Å²) in [7, 11) is 0. The lowest BCUT2D eigenvalue weighted by Crippen LogP contribution is -2.44. The van der Waals surface area contributed by atoms with Gasteiger partial charge in [0.15, 0.2) is 0 Å². The Hall–Kier alpha value is -2.72. The van der Waals surface area contributed by atoms with Crippen molar-refractivity contribution >= 4 is 15.9 Å². The highest BCUT2D eigenvalue weighted by molar-refractivity contribution is 9.10. The SMILES string of the molecule is CC.OC1(c2ccccc2)c2ccccc2C(O)(c2ccccc2)c2cc(Br)ccc21. The van der Waals surface area contributed by atoms with E-state index in [2.05, 4.69) is 15.9 Å². The van der Waals surface area contributed by atoms with Gasteiger partial charge in [-0.2, -0.15) is 0 Å². The minimum atomic E-state index is -1.38. The van der Waals surface area contributed by atoms with Crippen LogP contribution in [-0.2, 0) is 11.2 Å². The van der Waals surface area contributed by atoms with E-state index in [1.54, 1.807) is 0 Å². The van der Waals surface area contributed by atoms with Gasteiger partial charge in [0.1, 0.15) is 11.2 Å². The van der Waals surface area contributed by atoms with Crippen molar-refractivity contribution in [2.75, 3.05) is 0 Å². The van der Waals surface area contributed by atoms with Gasteiger partial charge < -0.3 is 10.2 Å². The molecule has 31 heavy (non-hydrogen) atoms. The van der Waals surface area contributed by atoms with Crippen molar-refractivity contribution < 1.29 is 10.2 Å². The molecule has 0 amide bonds. The van der Waals surface area contributed by atoms with Crippen LogP contribution in [0.3, 0.4) is 0 Å². The van der Waals surface area contributed by atoms with E-state index >= 15 is 0 Å². The summed E-state index contributed by atoms with van der Waals surface area (Å²) in [5.74, 6) is 0. The van der Waals surface area contributed by atoms with Gasteiger partial charge in [0.25, 0.3) is 0 Å². The quantitative estimate of drug-likeness (QED) is 0.356. The Balaban J connectivity index is 0.00000112. The Labute approximate surface area is 192 Å². The number of hydrogen-bond acceptors (Lipinski definition) is 2. The molecule has 3 heteroatoms. The van der Waals surface area contributed by atoms with E-state index in [9.17, 15) is 10.2 Å². The van der Waals surface area contributed by atoms with E-state index in [1.807, 2.05) is 117 Å². The first kappa shape index (κ1) is 21.5. The zero-order valence-corrected chi connectivity index (χ0v) is 19.2. The highest BCUT2D eigenvalue weighted by Crippen LogP contribution is 2.53. The first-order chi connectivity index (χ1) is 15.1. The van der Waals surface area contributed by atoms with Crippen LogP contribution < -0.4 is 0 Å². The fourth-order valence-corrected chi connectivity index (χ4v) is 4.88. The minimum absolute atomic E-state index is 0.670. The monoisotopic (exact) mass is 472 g/mol. The van der Waals surface area contributed by atoms with Crippen LogP contribution in [0.2, 0.25) is 0 Å². The van der Waals surface area contributed by atoms with Crippen molar-refractivity contribution in [3.05, 3.63) is 141 Å². The molecular weight excluding hydrogens is 448 g/mol. The fourth-order valence-electron chi connectivity index (χ4n) is 4.52. The van der Waals surface area contributed by atoms with Crippen LogP contribution in [0, 0.1) is 0 Å². The number of halogens is 1. The first-order valence-corrected chi connectivity index (χ1v) is 11.3. The van der Waals surface area contributed by atoms with E-state index in [1.165, 1.54) is 0 Å². The molecule has 0 saturated heterocycles. The fraction of sp³-hybridized carbons (Fsp3) is 0.143. The van der Waals surface area contributed by atoms with Gasteiger partial charge in [-0.05, 0) is 39.9 Å². The Morgan fingerprint density at radius 1 is 0.516 bits per heavy atom. The highest BCUT2D eigenvalue weighted by atomic mass is 79.9. The molecule has 0 saturated carbocycles. The Kier molecular flexibility index (Phi) is 5.85. The smallest absolute Gasteiger partial charge is 0.141 e. The molecule has 2 N–H and O–H groups in total. The second kappa shape index (κ2) is 8.43. The summed E-state index contributed by atoms with van der Waals surface area (Å²) in [5, 5.41) is 24.4. The van der Waals surface area contributed by atoms with E-state index in [-0.39, 0.29) is 0 Å². The predicted molar refractivity (Wildman–Crippen MR) is 129 cm³/mol. The van der Waals surface area contributed by atoms with Gasteiger partial charge in [-0.3, -0.25) is 0 Å². The minimum Gasteiger partial charge on any atom is -0.376 e. The summed E-state index contributed by atoms with van der Waals surface area (Å²) in [6.45, 7) is 4.00. The topological polar surface area (TPSA) is 40.5 Å². The molecule has 5 rings (SSSR count). The third-order valence-electron chi connectivity index (χ3n) is 5.85. The molecule has 0 radical (unpaired) electrons. The lowest BCUT2D eigenvalue weighted by molar-refractivity contribution is 0.0747. The molecule has 0 bridgehead atoms. The zero-order valence-electron chi connectivity index (χ0n) is 17.6. The van der Waals surface area contributed by atoms with Gasteiger partial charge in [0, 0.05) is 10.0 Å². The molecule has 156 valence electrons. The summed E-state index contributed by atoms with van der Waals surface area (Å²) in [5.41, 5.74) is 1.51. The van der Waals surface area contributed by atoms with Crippen LogP contribution in [0.5, 0.6) is 0 Å². The molecule has 2 atom stereocenters. The summed E-state index contributed by atoms with van der Waals surface area (Å²) < 4.78 is 0.848. The molecule has 0 spiro atoms. The summed E-state index contributed by atoms with van der Waals surface area (Å²) in [6.07, 6.45) is 0. The van der Waals surface area contributed by atoms with Crippen molar-refractivity contribution in [2.45, 2.75) is 25.0 Å². The highest BCUT2D eigenvalue weighted by Gasteiger charge is 2.50. The zero-order chi connectivity index (χ0) is 22.1. The first-order valence-electron chi connectivity index (χ1n) is 10.5. The van der Waals surface area contributed by atoms with Crippen LogP contribution in [-0.4, -0.2) is 10.2 Å². The predicted octanol–water partition coefficient (Wildman–Crippen LogP) is 6.36. The van der Waals surface area contributed by atoms with Crippen molar-refractivity contribution in [3.63, 3.8) is 0 Å². The van der Waals surface area contributed by atoms with E-state index in [0.717, 1.165) is 15.6 Å². The maximum Gasteiger partial charge on any atom is 0.141 e. The molecule has 2 nitrogen and oxygen atoms in total. The molecule has 4 aromatic carbocycles. The number of hydrogen-bond donors (Lipinski definition) is 2. The van der Waals surface area contributed by atoms with Gasteiger partial charge in [-0.25, -0.2) is 0 Å². The van der Waals surface area contributed by atoms with E-state index in [4.69, 9.17) is 0 Å². The van der Waals surface area contributed by atoms with Gasteiger partial charge in [0.2, 0.25) is 0 Å². The molecule has 0 aliphatic heterocycles. The van der Waals surface area contributed by atoms with Crippen molar-refractivity contribution in [3.8, 4) is 0 Å². The van der Waals surface area contributed by atoms with Crippen LogP contribution in [0.1, 0.15) is 47.2 Å². The standard InChI is InChI=1S/C26H19BrO2.C2H6/c27-20-15-16-23-24(17-20)26(29,19-11-5-2-6-12-19)22-14-8-7-13-21(22)25(23,28)18-9-3-1-4-10-18;1-2/h1-17,28-29H;1-2H3. The van der Waals surface area contributed by atoms with Crippen molar-refractivity contribution in [2.24, 2.45) is 0 Å². The largest absolute Gasteiger partial charge is 0.376 e. The lowest BCUT2D eigenvalue weighted by Gasteiger charge is -2.45. The molecule has 1 aliphatic rings. The van der Waals surface area contributed by atoms with Gasteiger partial charge in [-0.1, -0.05) is 121 Å². The summed E-state index contributed by atoms with van der Waals surface area (Å²) >= 11 is 3.56.